The molecule has 1 aliphatic rings. The van der Waals surface area contributed by atoms with E-state index in [1.165, 1.54) is 10.4 Å². The van der Waals surface area contributed by atoms with Crippen LogP contribution in [-0.4, -0.2) is 34.0 Å². The molecule has 1 atom stereocenters. The van der Waals surface area contributed by atoms with Crippen LogP contribution in [0.4, 0.5) is 0 Å². The summed E-state index contributed by atoms with van der Waals surface area (Å²) in [5.74, 6) is 1.31. The molecule has 0 radical (unpaired) electrons. The number of nitrogens with zero attached hydrogens (tertiary/aromatic N) is 3. The standard InChI is InChI=1S/C22H25N3O2S/c1-22(2,3)17-8-6-15(7-9-17)21-23-20(24-27-21)16-13-19(26)25(14-16)11-10-18-5-4-12-28-18/h4-9,12,16H,10-11,13-14H2,1-3H3. The molecule has 28 heavy (non-hydrogen) atoms. The van der Waals surface area contributed by atoms with E-state index >= 15 is 0 Å². The van der Waals surface area contributed by atoms with Crippen LogP contribution >= 0.6 is 11.3 Å². The highest BCUT2D eigenvalue weighted by molar-refractivity contribution is 7.09. The molecule has 1 unspecified atom stereocenters. The Kier molecular flexibility index (Phi) is 5.06. The molecule has 0 spiro atoms. The Balaban J connectivity index is 1.42. The highest BCUT2D eigenvalue weighted by Gasteiger charge is 2.33. The van der Waals surface area contributed by atoms with Crippen LogP contribution in [0.3, 0.4) is 0 Å². The zero-order valence-corrected chi connectivity index (χ0v) is 17.3. The lowest BCUT2D eigenvalue weighted by molar-refractivity contribution is -0.127. The van der Waals surface area contributed by atoms with Crippen molar-refractivity contribution in [2.45, 2.75) is 44.9 Å². The van der Waals surface area contributed by atoms with E-state index in [0.717, 1.165) is 18.5 Å². The quantitative estimate of drug-likeness (QED) is 0.631. The van der Waals surface area contributed by atoms with Gasteiger partial charge in [0.25, 0.3) is 5.89 Å². The maximum atomic E-state index is 12.4. The van der Waals surface area contributed by atoms with Crippen molar-refractivity contribution in [2.24, 2.45) is 0 Å². The Morgan fingerprint density at radius 1 is 1.21 bits per heavy atom. The van der Waals surface area contributed by atoms with E-state index in [9.17, 15) is 4.79 Å². The fourth-order valence-electron chi connectivity index (χ4n) is 3.49. The van der Waals surface area contributed by atoms with Gasteiger partial charge in [-0.3, -0.25) is 4.79 Å². The van der Waals surface area contributed by atoms with Crippen molar-refractivity contribution in [3.63, 3.8) is 0 Å². The molecule has 1 aliphatic heterocycles. The molecule has 0 N–H and O–H groups in total. The van der Waals surface area contributed by atoms with Crippen LogP contribution in [-0.2, 0) is 16.6 Å². The van der Waals surface area contributed by atoms with Crippen molar-refractivity contribution in [2.75, 3.05) is 13.1 Å². The van der Waals surface area contributed by atoms with Gasteiger partial charge >= 0.3 is 0 Å². The first-order valence-electron chi connectivity index (χ1n) is 9.65. The minimum Gasteiger partial charge on any atom is -0.342 e. The smallest absolute Gasteiger partial charge is 0.257 e. The van der Waals surface area contributed by atoms with Crippen LogP contribution in [0.1, 0.15) is 49.4 Å². The van der Waals surface area contributed by atoms with Gasteiger partial charge in [-0.1, -0.05) is 44.1 Å². The summed E-state index contributed by atoms with van der Waals surface area (Å²) in [6.45, 7) is 7.97. The number of hydrogen-bond acceptors (Lipinski definition) is 5. The first kappa shape index (κ1) is 18.9. The summed E-state index contributed by atoms with van der Waals surface area (Å²) in [6, 6.07) is 12.4. The maximum absolute atomic E-state index is 12.4. The second-order valence-corrected chi connectivity index (χ2v) is 9.39. The highest BCUT2D eigenvalue weighted by atomic mass is 32.1. The Hall–Kier alpha value is -2.47. The zero-order valence-electron chi connectivity index (χ0n) is 16.5. The first-order chi connectivity index (χ1) is 13.4. The number of amides is 1. The van der Waals surface area contributed by atoms with Gasteiger partial charge in [-0.05, 0) is 41.0 Å². The van der Waals surface area contributed by atoms with E-state index in [-0.39, 0.29) is 17.2 Å². The molecule has 3 heterocycles. The van der Waals surface area contributed by atoms with Gasteiger partial charge in [-0.25, -0.2) is 0 Å². The average molecular weight is 396 g/mol. The van der Waals surface area contributed by atoms with Crippen molar-refractivity contribution in [3.05, 3.63) is 58.0 Å². The minimum absolute atomic E-state index is 0.00202. The first-order valence-corrected chi connectivity index (χ1v) is 10.5. The fourth-order valence-corrected chi connectivity index (χ4v) is 4.19. The van der Waals surface area contributed by atoms with E-state index in [1.807, 2.05) is 23.1 Å². The molecule has 1 aromatic carbocycles. The number of likely N-dealkylation sites (tertiary alicyclic amines) is 1. The predicted molar refractivity (Wildman–Crippen MR) is 110 cm³/mol. The highest BCUT2D eigenvalue weighted by Crippen LogP contribution is 2.29. The van der Waals surface area contributed by atoms with Crippen LogP contribution < -0.4 is 0 Å². The van der Waals surface area contributed by atoms with E-state index in [4.69, 9.17) is 4.52 Å². The molecule has 0 bridgehead atoms. The molecule has 146 valence electrons. The SMILES string of the molecule is CC(C)(C)c1ccc(-c2nc(C3CC(=O)N(CCc4cccs4)C3)no2)cc1. The number of thiophene rings is 1. The Morgan fingerprint density at radius 3 is 2.68 bits per heavy atom. The molecule has 3 aromatic rings. The van der Waals surface area contributed by atoms with Crippen molar-refractivity contribution in [3.8, 4) is 11.5 Å². The molecule has 1 fully saturated rings. The maximum Gasteiger partial charge on any atom is 0.257 e. The second-order valence-electron chi connectivity index (χ2n) is 8.36. The van der Waals surface area contributed by atoms with E-state index in [0.29, 0.717) is 24.7 Å². The van der Waals surface area contributed by atoms with Crippen molar-refractivity contribution in [1.82, 2.24) is 15.0 Å². The van der Waals surface area contributed by atoms with Gasteiger partial charge < -0.3 is 9.42 Å². The molecule has 1 saturated heterocycles. The lowest BCUT2D eigenvalue weighted by atomic mass is 9.87. The molecular formula is C22H25N3O2S. The normalized spacial score (nSPS) is 17.5. The number of rotatable bonds is 5. The van der Waals surface area contributed by atoms with Crippen LogP contribution in [0.25, 0.3) is 11.5 Å². The number of benzene rings is 1. The summed E-state index contributed by atoms with van der Waals surface area (Å²) < 4.78 is 5.49. The van der Waals surface area contributed by atoms with Crippen molar-refractivity contribution in [1.29, 1.82) is 0 Å². The molecule has 1 amide bonds. The molecule has 4 rings (SSSR count). The molecule has 0 aliphatic carbocycles. The number of hydrogen-bond donors (Lipinski definition) is 0. The number of carbonyl (C=O) groups is 1. The Morgan fingerprint density at radius 2 is 2.00 bits per heavy atom. The third-order valence-electron chi connectivity index (χ3n) is 5.23. The summed E-state index contributed by atoms with van der Waals surface area (Å²) in [4.78, 5) is 20.2. The van der Waals surface area contributed by atoms with Gasteiger partial charge in [0.15, 0.2) is 5.82 Å². The van der Waals surface area contributed by atoms with Crippen molar-refractivity contribution < 1.29 is 9.32 Å². The lowest BCUT2D eigenvalue weighted by Crippen LogP contribution is -2.27. The topological polar surface area (TPSA) is 59.2 Å². The second kappa shape index (κ2) is 7.51. The summed E-state index contributed by atoms with van der Waals surface area (Å²) in [5.41, 5.74) is 2.28. The van der Waals surface area contributed by atoms with Crippen LogP contribution in [0, 0.1) is 0 Å². The Bertz CT molecular complexity index is 939. The minimum atomic E-state index is 0.00202. The monoisotopic (exact) mass is 395 g/mol. The van der Waals surface area contributed by atoms with Gasteiger partial charge in [-0.2, -0.15) is 4.98 Å². The van der Waals surface area contributed by atoms with Crippen LogP contribution in [0.15, 0.2) is 46.3 Å². The third kappa shape index (κ3) is 4.02. The van der Waals surface area contributed by atoms with E-state index < -0.39 is 0 Å². The van der Waals surface area contributed by atoms with Gasteiger partial charge in [0.2, 0.25) is 5.91 Å². The van der Waals surface area contributed by atoms with E-state index in [1.54, 1.807) is 11.3 Å². The van der Waals surface area contributed by atoms with Crippen LogP contribution in [0.2, 0.25) is 0 Å². The summed E-state index contributed by atoms with van der Waals surface area (Å²) in [7, 11) is 0. The summed E-state index contributed by atoms with van der Waals surface area (Å²) in [5, 5.41) is 6.23. The third-order valence-corrected chi connectivity index (χ3v) is 6.16. The summed E-state index contributed by atoms with van der Waals surface area (Å²) >= 11 is 1.73. The zero-order chi connectivity index (χ0) is 19.7. The van der Waals surface area contributed by atoms with Crippen LogP contribution in [0.5, 0.6) is 0 Å². The molecule has 2 aromatic heterocycles. The number of aromatic nitrogens is 2. The van der Waals surface area contributed by atoms with Gasteiger partial charge in [0, 0.05) is 35.9 Å². The van der Waals surface area contributed by atoms with Gasteiger partial charge in [0.05, 0.1) is 0 Å². The molecule has 5 nitrogen and oxygen atoms in total. The molecular weight excluding hydrogens is 370 g/mol. The van der Waals surface area contributed by atoms with E-state index in [2.05, 4.69) is 54.5 Å². The van der Waals surface area contributed by atoms with Gasteiger partial charge in [-0.15, -0.1) is 11.3 Å². The largest absolute Gasteiger partial charge is 0.342 e. The molecule has 0 saturated carbocycles. The van der Waals surface area contributed by atoms with Gasteiger partial charge in [0.1, 0.15) is 0 Å². The number of carbonyl (C=O) groups excluding carboxylic acids is 1. The predicted octanol–water partition coefficient (Wildman–Crippen LogP) is 4.65. The average Bonchev–Trinajstić information content (AvgIpc) is 3.40. The Labute approximate surface area is 169 Å². The lowest BCUT2D eigenvalue weighted by Gasteiger charge is -2.18. The fraction of sp³-hybridized carbons (Fsp3) is 0.409. The van der Waals surface area contributed by atoms with Crippen molar-refractivity contribution >= 4 is 17.2 Å². The summed E-state index contributed by atoms with van der Waals surface area (Å²) in [6.07, 6.45) is 1.35. The molecule has 6 heteroatoms.